The van der Waals surface area contributed by atoms with Gasteiger partial charge in [-0.15, -0.1) is 0 Å². The lowest BCUT2D eigenvalue weighted by Crippen LogP contribution is -2.63. The first-order chi connectivity index (χ1) is 17.2. The monoisotopic (exact) mass is 498 g/mol. The highest BCUT2D eigenvalue weighted by Gasteiger charge is 2.76. The van der Waals surface area contributed by atoms with Crippen molar-refractivity contribution in [2.75, 3.05) is 6.61 Å². The Hall–Kier alpha value is -1.34. The van der Waals surface area contributed by atoms with Gasteiger partial charge in [-0.1, -0.05) is 57.6 Å². The summed E-state index contributed by atoms with van der Waals surface area (Å²) in [6.07, 6.45) is 15.0. The number of ketones is 2. The van der Waals surface area contributed by atoms with Gasteiger partial charge >= 0.3 is 0 Å². The Labute approximate surface area is 214 Å². The highest BCUT2D eigenvalue weighted by Crippen LogP contribution is 2.70. The minimum absolute atomic E-state index is 0.0126. The van der Waals surface area contributed by atoms with Crippen molar-refractivity contribution >= 4 is 11.6 Å². The van der Waals surface area contributed by atoms with Crippen LogP contribution < -0.4 is 0 Å². The quantitative estimate of drug-likeness (QED) is 0.604. The van der Waals surface area contributed by atoms with Gasteiger partial charge in [-0.05, 0) is 62.5 Å². The Morgan fingerprint density at radius 3 is 2.56 bits per heavy atom. The molecule has 1 heterocycles. The van der Waals surface area contributed by atoms with E-state index in [0.29, 0.717) is 6.42 Å². The van der Waals surface area contributed by atoms with Crippen LogP contribution in [0.3, 0.4) is 0 Å². The van der Waals surface area contributed by atoms with Gasteiger partial charge in [0.15, 0.2) is 23.5 Å². The van der Waals surface area contributed by atoms with Crippen LogP contribution >= 0.6 is 0 Å². The van der Waals surface area contributed by atoms with Crippen LogP contribution in [0.5, 0.6) is 0 Å². The number of aliphatic hydroxyl groups is 2. The first-order valence-corrected chi connectivity index (χ1v) is 14.3. The van der Waals surface area contributed by atoms with Crippen molar-refractivity contribution in [1.82, 2.24) is 0 Å². The summed E-state index contributed by atoms with van der Waals surface area (Å²) < 4.78 is 13.5. The molecule has 4 saturated carbocycles. The number of carbonyl (C=O) groups is 2. The fraction of sp³-hybridized carbons (Fsp3) is 0.800. The van der Waals surface area contributed by atoms with E-state index < -0.39 is 30.0 Å². The summed E-state index contributed by atoms with van der Waals surface area (Å²) in [6.45, 7) is 3.70. The molecule has 9 atom stereocenters. The van der Waals surface area contributed by atoms with Crippen molar-refractivity contribution in [3.8, 4) is 0 Å². The third kappa shape index (κ3) is 3.36. The normalized spacial score (nSPS) is 48.8. The first kappa shape index (κ1) is 25.0. The Bertz CT molecular complexity index is 978. The number of carbonyl (C=O) groups excluding carboxylic acids is 2. The van der Waals surface area contributed by atoms with Gasteiger partial charge in [-0.2, -0.15) is 0 Å². The van der Waals surface area contributed by atoms with Crippen molar-refractivity contribution in [3.05, 3.63) is 23.8 Å². The van der Waals surface area contributed by atoms with E-state index in [9.17, 15) is 19.8 Å². The largest absolute Gasteiger partial charge is 0.393 e. The fourth-order valence-corrected chi connectivity index (χ4v) is 9.68. The van der Waals surface area contributed by atoms with E-state index in [4.69, 9.17) is 9.47 Å². The van der Waals surface area contributed by atoms with Gasteiger partial charge in [0, 0.05) is 22.7 Å². The summed E-state index contributed by atoms with van der Waals surface area (Å²) in [5, 5.41) is 21.9. The van der Waals surface area contributed by atoms with E-state index in [1.54, 1.807) is 12.2 Å². The van der Waals surface area contributed by atoms with Crippen LogP contribution in [0, 0.1) is 34.5 Å². The van der Waals surface area contributed by atoms with Crippen LogP contribution in [0.25, 0.3) is 0 Å². The molecule has 0 bridgehead atoms. The van der Waals surface area contributed by atoms with Gasteiger partial charge in [0.05, 0.1) is 12.2 Å². The molecular formula is C30H42O6. The second kappa shape index (κ2) is 8.86. The van der Waals surface area contributed by atoms with Gasteiger partial charge < -0.3 is 19.7 Å². The van der Waals surface area contributed by atoms with Crippen LogP contribution in [-0.4, -0.2) is 52.5 Å². The summed E-state index contributed by atoms with van der Waals surface area (Å²) in [5.41, 5.74) is -1.05. The van der Waals surface area contributed by atoms with E-state index in [0.717, 1.165) is 50.5 Å². The third-order valence-electron chi connectivity index (χ3n) is 11.3. The molecule has 6 heteroatoms. The van der Waals surface area contributed by atoms with E-state index in [-0.39, 0.29) is 46.8 Å². The molecule has 0 spiro atoms. The van der Waals surface area contributed by atoms with Crippen LogP contribution in [0.15, 0.2) is 23.8 Å². The number of ether oxygens (including phenoxy) is 2. The number of Topliss-reactive ketones (excluding diaryl/α,β-unsaturated/α-hetero) is 1. The number of hydrogen-bond acceptors (Lipinski definition) is 6. The second-order valence-corrected chi connectivity index (χ2v) is 13.0. The molecule has 5 fully saturated rings. The van der Waals surface area contributed by atoms with E-state index in [1.807, 2.05) is 6.08 Å². The van der Waals surface area contributed by atoms with Crippen LogP contribution in [-0.2, 0) is 19.1 Å². The molecule has 0 radical (unpaired) electrons. The molecule has 1 saturated heterocycles. The molecule has 1 aliphatic heterocycles. The van der Waals surface area contributed by atoms with E-state index in [1.165, 1.54) is 19.3 Å². The average molecular weight is 499 g/mol. The molecule has 6 rings (SSSR count). The smallest absolute Gasteiger partial charge is 0.193 e. The van der Waals surface area contributed by atoms with Crippen LogP contribution in [0.4, 0.5) is 0 Å². The van der Waals surface area contributed by atoms with Crippen molar-refractivity contribution in [2.24, 2.45) is 34.5 Å². The van der Waals surface area contributed by atoms with Crippen molar-refractivity contribution in [2.45, 2.75) is 109 Å². The fourth-order valence-electron chi connectivity index (χ4n) is 9.68. The van der Waals surface area contributed by atoms with Crippen molar-refractivity contribution in [3.63, 3.8) is 0 Å². The summed E-state index contributed by atoms with van der Waals surface area (Å²) in [5.74, 6) is 0.340. The zero-order valence-electron chi connectivity index (χ0n) is 21.8. The van der Waals surface area contributed by atoms with Gasteiger partial charge in [0.2, 0.25) is 0 Å². The molecule has 5 aliphatic carbocycles. The number of hydrogen-bond donors (Lipinski definition) is 2. The molecule has 0 amide bonds. The molecule has 6 nitrogen and oxygen atoms in total. The third-order valence-corrected chi connectivity index (χ3v) is 11.3. The Morgan fingerprint density at radius 1 is 1.11 bits per heavy atom. The summed E-state index contributed by atoms with van der Waals surface area (Å²) >= 11 is 0. The summed E-state index contributed by atoms with van der Waals surface area (Å²) in [6, 6.07) is 0. The predicted molar refractivity (Wildman–Crippen MR) is 134 cm³/mol. The zero-order valence-corrected chi connectivity index (χ0v) is 21.8. The van der Waals surface area contributed by atoms with Gasteiger partial charge in [-0.3, -0.25) is 9.59 Å². The SMILES string of the molecule is C[C@]12C=CC(=O)C=C1CC[C@@H]1[C@@H]2[C@@H](O)C[C@@]2(C)[C@H]1C[C@H]1OC(C3CCCCCCC3)O[C@]12C(=O)CO. The highest BCUT2D eigenvalue weighted by molar-refractivity contribution is 6.01. The standard InChI is InChI=1S/C30H42O6/c1-28-13-12-20(32)14-19(28)10-11-21-22-15-25-30(24(34)17-31,29(22,2)16-23(33)26(21)28)36-27(35-25)18-8-6-4-3-5-7-9-18/h12-14,18,21-23,25-27,31,33H,3-11,15-17H2,1-2H3/t21-,22-,23-,25+,26+,27?,28-,29-,30+/m0/s1. The Morgan fingerprint density at radius 2 is 1.83 bits per heavy atom. The number of fused-ring (bicyclic) bond motifs is 7. The average Bonchev–Trinajstić information content (AvgIpc) is 3.31. The number of rotatable bonds is 3. The maximum atomic E-state index is 13.6. The van der Waals surface area contributed by atoms with Gasteiger partial charge in [0.1, 0.15) is 6.61 Å². The number of aliphatic hydroxyl groups excluding tert-OH is 2. The molecule has 198 valence electrons. The van der Waals surface area contributed by atoms with Crippen molar-refractivity contribution in [1.29, 1.82) is 0 Å². The van der Waals surface area contributed by atoms with Crippen LogP contribution in [0.2, 0.25) is 0 Å². The summed E-state index contributed by atoms with van der Waals surface area (Å²) in [7, 11) is 0. The lowest BCUT2D eigenvalue weighted by Gasteiger charge is -2.59. The Balaban J connectivity index is 1.34. The highest BCUT2D eigenvalue weighted by atomic mass is 16.7. The molecule has 2 N–H and O–H groups in total. The van der Waals surface area contributed by atoms with Crippen molar-refractivity contribution < 1.29 is 29.3 Å². The molecule has 0 aromatic rings. The lowest BCUT2D eigenvalue weighted by molar-refractivity contribution is -0.209. The molecular weight excluding hydrogens is 456 g/mol. The maximum absolute atomic E-state index is 13.6. The second-order valence-electron chi connectivity index (χ2n) is 13.0. The maximum Gasteiger partial charge on any atom is 0.193 e. The van der Waals surface area contributed by atoms with E-state index in [2.05, 4.69) is 13.8 Å². The molecule has 36 heavy (non-hydrogen) atoms. The lowest BCUT2D eigenvalue weighted by atomic mass is 9.46. The van der Waals surface area contributed by atoms with E-state index >= 15 is 0 Å². The Kier molecular flexibility index (Phi) is 6.14. The minimum atomic E-state index is -1.21. The van der Waals surface area contributed by atoms with Crippen LogP contribution in [0.1, 0.15) is 84.5 Å². The molecule has 0 aromatic carbocycles. The van der Waals surface area contributed by atoms with Gasteiger partial charge in [-0.25, -0.2) is 0 Å². The zero-order chi connectivity index (χ0) is 25.3. The molecule has 1 unspecified atom stereocenters. The summed E-state index contributed by atoms with van der Waals surface area (Å²) in [4.78, 5) is 25.7. The minimum Gasteiger partial charge on any atom is -0.393 e. The number of allylic oxidation sites excluding steroid dienone is 4. The molecule has 6 aliphatic rings. The molecule has 0 aromatic heterocycles. The first-order valence-electron chi connectivity index (χ1n) is 14.3. The van der Waals surface area contributed by atoms with Gasteiger partial charge in [0.25, 0.3) is 0 Å². The topological polar surface area (TPSA) is 93.1 Å². The predicted octanol–water partition coefficient (Wildman–Crippen LogP) is 4.28.